The lowest BCUT2D eigenvalue weighted by Crippen LogP contribution is -2.52. The van der Waals surface area contributed by atoms with Gasteiger partial charge in [0.05, 0.1) is 4.90 Å². The second kappa shape index (κ2) is 10.9. The van der Waals surface area contributed by atoms with Gasteiger partial charge >= 0.3 is 6.03 Å². The molecule has 2 atom stereocenters. The Morgan fingerprint density at radius 3 is 2.71 bits per heavy atom. The number of carbonyl (C=O) groups is 1. The number of likely N-dealkylation sites (tertiary alicyclic amines) is 1. The van der Waals surface area contributed by atoms with Crippen LogP contribution in [0.5, 0.6) is 5.75 Å². The van der Waals surface area contributed by atoms with E-state index in [2.05, 4.69) is 10.2 Å². The third-order valence-electron chi connectivity index (χ3n) is 6.46. The van der Waals surface area contributed by atoms with Crippen molar-refractivity contribution in [1.29, 1.82) is 0 Å². The van der Waals surface area contributed by atoms with E-state index >= 15 is 0 Å². The SMILES string of the molecule is CN(C)S(=O)(=O)c1ccc2c(c1)CCN2C(=O)NC1CCCN(CC(O)COc2ccccc2)C1. The normalized spacial score (nSPS) is 19.4. The van der Waals surface area contributed by atoms with Crippen LogP contribution in [-0.4, -0.2) is 87.8 Å². The summed E-state index contributed by atoms with van der Waals surface area (Å²) >= 11 is 0. The van der Waals surface area contributed by atoms with E-state index in [1.807, 2.05) is 30.3 Å². The molecule has 0 aromatic heterocycles. The minimum Gasteiger partial charge on any atom is -0.491 e. The van der Waals surface area contributed by atoms with Gasteiger partial charge in [0.1, 0.15) is 18.5 Å². The number of anilines is 1. The summed E-state index contributed by atoms with van der Waals surface area (Å²) in [5.41, 5.74) is 1.61. The Balaban J connectivity index is 1.30. The molecular weight excluding hydrogens is 468 g/mol. The number of fused-ring (bicyclic) bond motifs is 1. The van der Waals surface area contributed by atoms with E-state index in [0.29, 0.717) is 26.1 Å². The van der Waals surface area contributed by atoms with Gasteiger partial charge in [0.15, 0.2) is 0 Å². The summed E-state index contributed by atoms with van der Waals surface area (Å²) in [4.78, 5) is 17.1. The predicted octanol–water partition coefficient (Wildman–Crippen LogP) is 1.91. The zero-order chi connectivity index (χ0) is 25.0. The number of benzene rings is 2. The largest absolute Gasteiger partial charge is 0.491 e. The van der Waals surface area contributed by atoms with Gasteiger partial charge in [0.2, 0.25) is 10.0 Å². The van der Waals surface area contributed by atoms with Crippen LogP contribution in [0.25, 0.3) is 0 Å². The topological polar surface area (TPSA) is 102 Å². The first kappa shape index (κ1) is 25.4. The Hall–Kier alpha value is -2.66. The van der Waals surface area contributed by atoms with Crippen molar-refractivity contribution in [2.45, 2.75) is 36.3 Å². The Labute approximate surface area is 207 Å². The van der Waals surface area contributed by atoms with Gasteiger partial charge in [-0.25, -0.2) is 17.5 Å². The molecule has 190 valence electrons. The highest BCUT2D eigenvalue weighted by molar-refractivity contribution is 7.89. The van der Waals surface area contributed by atoms with Crippen LogP contribution < -0.4 is 15.0 Å². The first-order valence-electron chi connectivity index (χ1n) is 12.0. The molecule has 4 rings (SSSR count). The van der Waals surface area contributed by atoms with Gasteiger partial charge in [-0.1, -0.05) is 18.2 Å². The van der Waals surface area contributed by atoms with Crippen molar-refractivity contribution in [2.75, 3.05) is 51.8 Å². The fourth-order valence-corrected chi connectivity index (χ4v) is 5.56. The van der Waals surface area contributed by atoms with Gasteiger partial charge < -0.3 is 15.2 Å². The van der Waals surface area contributed by atoms with Crippen LogP contribution in [0.4, 0.5) is 10.5 Å². The molecular formula is C25H34N4O5S. The van der Waals surface area contributed by atoms with Crippen molar-refractivity contribution in [3.05, 3.63) is 54.1 Å². The van der Waals surface area contributed by atoms with Crippen LogP contribution in [0, 0.1) is 0 Å². The third-order valence-corrected chi connectivity index (χ3v) is 8.27. The van der Waals surface area contributed by atoms with Crippen molar-refractivity contribution in [1.82, 2.24) is 14.5 Å². The zero-order valence-electron chi connectivity index (χ0n) is 20.3. The molecule has 2 aliphatic heterocycles. The monoisotopic (exact) mass is 502 g/mol. The smallest absolute Gasteiger partial charge is 0.322 e. The van der Waals surface area contributed by atoms with Crippen LogP contribution >= 0.6 is 0 Å². The average molecular weight is 503 g/mol. The Morgan fingerprint density at radius 1 is 1.20 bits per heavy atom. The molecule has 9 nitrogen and oxygen atoms in total. The number of piperidine rings is 1. The molecule has 2 heterocycles. The van der Waals surface area contributed by atoms with E-state index in [1.54, 1.807) is 23.1 Å². The number of aliphatic hydroxyl groups is 1. The lowest BCUT2D eigenvalue weighted by molar-refractivity contribution is 0.0569. The van der Waals surface area contributed by atoms with E-state index < -0.39 is 16.1 Å². The quantitative estimate of drug-likeness (QED) is 0.572. The maximum absolute atomic E-state index is 13.1. The first-order chi connectivity index (χ1) is 16.7. The highest BCUT2D eigenvalue weighted by Gasteiger charge is 2.30. The van der Waals surface area contributed by atoms with Gasteiger partial charge in [-0.15, -0.1) is 0 Å². The summed E-state index contributed by atoms with van der Waals surface area (Å²) in [6.07, 6.45) is 1.80. The van der Waals surface area contributed by atoms with Gasteiger partial charge in [0.25, 0.3) is 0 Å². The predicted molar refractivity (Wildman–Crippen MR) is 134 cm³/mol. The lowest BCUT2D eigenvalue weighted by Gasteiger charge is -2.35. The van der Waals surface area contributed by atoms with Gasteiger partial charge in [-0.3, -0.25) is 9.80 Å². The highest BCUT2D eigenvalue weighted by atomic mass is 32.2. The minimum absolute atomic E-state index is 0.0177. The van der Waals surface area contributed by atoms with Gasteiger partial charge in [-0.2, -0.15) is 0 Å². The number of para-hydroxylation sites is 1. The fraction of sp³-hybridized carbons (Fsp3) is 0.480. The molecule has 2 aromatic rings. The number of sulfonamides is 1. The van der Waals surface area contributed by atoms with Gasteiger partial charge in [0, 0.05) is 45.5 Å². The number of urea groups is 1. The second-order valence-corrected chi connectivity index (χ2v) is 11.5. The summed E-state index contributed by atoms with van der Waals surface area (Å²) in [5.74, 6) is 0.729. The Bertz CT molecular complexity index is 1130. The summed E-state index contributed by atoms with van der Waals surface area (Å²) in [7, 11) is -0.506. The molecule has 0 radical (unpaired) electrons. The van der Waals surface area contributed by atoms with Crippen LogP contribution in [-0.2, 0) is 16.4 Å². The first-order valence-corrected chi connectivity index (χ1v) is 13.4. The lowest BCUT2D eigenvalue weighted by atomic mass is 10.1. The molecule has 2 N–H and O–H groups in total. The van der Waals surface area contributed by atoms with Crippen LogP contribution in [0.1, 0.15) is 18.4 Å². The number of aliphatic hydroxyl groups excluding tert-OH is 1. The highest BCUT2D eigenvalue weighted by Crippen LogP contribution is 2.31. The van der Waals surface area contributed by atoms with E-state index in [-0.39, 0.29) is 23.6 Å². The number of hydrogen-bond donors (Lipinski definition) is 2. The van der Waals surface area contributed by atoms with E-state index in [0.717, 1.165) is 36.4 Å². The molecule has 0 spiro atoms. The molecule has 0 bridgehead atoms. The second-order valence-electron chi connectivity index (χ2n) is 9.31. The number of ether oxygens (including phenoxy) is 1. The standard InChI is InChI=1S/C25H34N4O5S/c1-27(2)35(32,33)23-10-11-24-19(15-23)12-14-29(24)25(31)26-20-7-6-13-28(16-20)17-21(30)18-34-22-8-4-3-5-9-22/h3-5,8-11,15,20-21,30H,6-7,12-14,16-18H2,1-2H3,(H,26,31). The molecule has 0 saturated carbocycles. The third kappa shape index (κ3) is 6.13. The van der Waals surface area contributed by atoms with Crippen LogP contribution in [0.3, 0.4) is 0 Å². The summed E-state index contributed by atoms with van der Waals surface area (Å²) in [5, 5.41) is 13.6. The Kier molecular flexibility index (Phi) is 7.95. The number of nitrogens with zero attached hydrogens (tertiary/aromatic N) is 3. The number of nitrogens with one attached hydrogen (secondary N) is 1. The number of rotatable bonds is 8. The molecule has 35 heavy (non-hydrogen) atoms. The van der Waals surface area contributed by atoms with E-state index in [9.17, 15) is 18.3 Å². The number of amides is 2. The molecule has 2 amide bonds. The summed E-state index contributed by atoms with van der Waals surface area (Å²) < 4.78 is 31.7. The van der Waals surface area contributed by atoms with Crippen molar-refractivity contribution in [3.63, 3.8) is 0 Å². The van der Waals surface area contributed by atoms with Crippen molar-refractivity contribution < 1.29 is 23.1 Å². The van der Waals surface area contributed by atoms with Crippen LogP contribution in [0.2, 0.25) is 0 Å². The summed E-state index contributed by atoms with van der Waals surface area (Å²) in [6.45, 7) is 2.74. The molecule has 0 aliphatic carbocycles. The fourth-order valence-electron chi connectivity index (χ4n) is 4.61. The minimum atomic E-state index is -3.52. The average Bonchev–Trinajstić information content (AvgIpc) is 3.27. The van der Waals surface area contributed by atoms with Crippen molar-refractivity contribution in [2.24, 2.45) is 0 Å². The van der Waals surface area contributed by atoms with Gasteiger partial charge in [-0.05, 0) is 61.7 Å². The summed E-state index contributed by atoms with van der Waals surface area (Å²) in [6, 6.07) is 14.2. The molecule has 1 saturated heterocycles. The molecule has 1 fully saturated rings. The van der Waals surface area contributed by atoms with E-state index in [4.69, 9.17) is 4.74 Å². The zero-order valence-corrected chi connectivity index (χ0v) is 21.1. The maximum Gasteiger partial charge on any atom is 0.322 e. The number of β-amino-alcohol motifs (C(OH)–C–C–N with tert-alkyl or cyclic N) is 1. The number of carbonyl (C=O) groups excluding carboxylic acids is 1. The molecule has 2 aliphatic rings. The van der Waals surface area contributed by atoms with Crippen LogP contribution in [0.15, 0.2) is 53.4 Å². The maximum atomic E-state index is 13.1. The molecule has 2 unspecified atom stereocenters. The molecule has 10 heteroatoms. The Morgan fingerprint density at radius 2 is 1.97 bits per heavy atom. The number of hydrogen-bond acceptors (Lipinski definition) is 6. The molecule has 2 aromatic carbocycles. The van der Waals surface area contributed by atoms with Crippen molar-refractivity contribution in [3.8, 4) is 5.75 Å². The van der Waals surface area contributed by atoms with E-state index in [1.165, 1.54) is 18.4 Å². The van der Waals surface area contributed by atoms with Crippen molar-refractivity contribution >= 4 is 21.7 Å².